The molecular formula is C11H10BrFN4O. The zero-order chi connectivity index (χ0) is 13.1. The number of ether oxygens (including phenoxy) is 1. The van der Waals surface area contributed by atoms with E-state index >= 15 is 0 Å². The highest BCUT2D eigenvalue weighted by Gasteiger charge is 2.06. The summed E-state index contributed by atoms with van der Waals surface area (Å²) in [5, 5.41) is 2.93. The van der Waals surface area contributed by atoms with Crippen LogP contribution in [0.4, 0.5) is 21.8 Å². The van der Waals surface area contributed by atoms with Crippen LogP contribution in [0.5, 0.6) is 5.88 Å². The Bertz CT molecular complexity index is 579. The quantitative estimate of drug-likeness (QED) is 0.911. The number of anilines is 3. The van der Waals surface area contributed by atoms with Gasteiger partial charge in [-0.3, -0.25) is 0 Å². The molecule has 0 aliphatic carbocycles. The van der Waals surface area contributed by atoms with Crippen LogP contribution in [0.15, 0.2) is 28.7 Å². The van der Waals surface area contributed by atoms with E-state index in [1.807, 2.05) is 0 Å². The van der Waals surface area contributed by atoms with Gasteiger partial charge in [-0.25, -0.2) is 4.39 Å². The average molecular weight is 313 g/mol. The molecule has 2 aromatic rings. The van der Waals surface area contributed by atoms with Crippen LogP contribution < -0.4 is 15.8 Å². The second kappa shape index (κ2) is 5.18. The van der Waals surface area contributed by atoms with Gasteiger partial charge in [-0.15, -0.1) is 0 Å². The first-order valence-electron chi connectivity index (χ1n) is 4.99. The molecule has 0 aliphatic rings. The van der Waals surface area contributed by atoms with Crippen LogP contribution in [0.2, 0.25) is 0 Å². The minimum Gasteiger partial charge on any atom is -0.481 e. The van der Waals surface area contributed by atoms with E-state index in [2.05, 4.69) is 31.2 Å². The summed E-state index contributed by atoms with van der Waals surface area (Å²) in [5.41, 5.74) is 6.07. The summed E-state index contributed by atoms with van der Waals surface area (Å²) in [6, 6.07) is 5.85. The van der Waals surface area contributed by atoms with E-state index in [0.717, 1.165) is 0 Å². The topological polar surface area (TPSA) is 73.1 Å². The Balaban J connectivity index is 2.33. The van der Waals surface area contributed by atoms with E-state index in [4.69, 9.17) is 10.5 Å². The summed E-state index contributed by atoms with van der Waals surface area (Å²) in [5.74, 6) is 0.474. The van der Waals surface area contributed by atoms with Crippen molar-refractivity contribution < 1.29 is 9.13 Å². The van der Waals surface area contributed by atoms with Crippen molar-refractivity contribution in [3.05, 3.63) is 34.6 Å². The molecule has 1 aromatic carbocycles. The maximum Gasteiger partial charge on any atom is 0.225 e. The molecule has 0 atom stereocenters. The molecule has 7 heteroatoms. The highest BCUT2D eigenvalue weighted by atomic mass is 79.9. The minimum absolute atomic E-state index is 0.0735. The van der Waals surface area contributed by atoms with Gasteiger partial charge in [0, 0.05) is 10.5 Å². The molecule has 0 fully saturated rings. The van der Waals surface area contributed by atoms with Crippen molar-refractivity contribution in [1.82, 2.24) is 9.97 Å². The number of halogens is 2. The molecule has 0 radical (unpaired) electrons. The highest BCUT2D eigenvalue weighted by molar-refractivity contribution is 9.10. The van der Waals surface area contributed by atoms with E-state index in [9.17, 15) is 4.39 Å². The normalized spacial score (nSPS) is 10.2. The van der Waals surface area contributed by atoms with Crippen molar-refractivity contribution >= 4 is 33.4 Å². The first-order chi connectivity index (χ1) is 8.58. The number of aromatic nitrogens is 2. The first kappa shape index (κ1) is 12.6. The first-order valence-corrected chi connectivity index (χ1v) is 5.78. The summed E-state index contributed by atoms with van der Waals surface area (Å²) in [6.07, 6.45) is 0. The van der Waals surface area contributed by atoms with Crippen molar-refractivity contribution in [2.24, 2.45) is 0 Å². The summed E-state index contributed by atoms with van der Waals surface area (Å²) < 4.78 is 18.8. The molecule has 0 saturated heterocycles. The van der Waals surface area contributed by atoms with Gasteiger partial charge in [-0.2, -0.15) is 9.97 Å². The number of nitrogen functional groups attached to an aromatic ring is 1. The molecule has 0 aliphatic heterocycles. The van der Waals surface area contributed by atoms with Crippen molar-refractivity contribution in [2.75, 3.05) is 18.2 Å². The number of methoxy groups -OCH3 is 1. The molecule has 0 spiro atoms. The predicted octanol–water partition coefficient (Wildman–Crippen LogP) is 2.71. The Morgan fingerprint density at radius 3 is 2.83 bits per heavy atom. The lowest BCUT2D eigenvalue weighted by atomic mass is 10.3. The van der Waals surface area contributed by atoms with E-state index < -0.39 is 0 Å². The molecule has 18 heavy (non-hydrogen) atoms. The van der Waals surface area contributed by atoms with E-state index in [1.165, 1.54) is 19.2 Å². The van der Waals surface area contributed by atoms with Crippen LogP contribution in [-0.4, -0.2) is 17.1 Å². The predicted molar refractivity (Wildman–Crippen MR) is 70.4 cm³/mol. The van der Waals surface area contributed by atoms with E-state index in [1.54, 1.807) is 12.1 Å². The SMILES string of the molecule is COc1cc(Nc2cc(F)ccc2Br)nc(N)n1. The van der Waals surface area contributed by atoms with Gasteiger partial charge in [0.1, 0.15) is 11.6 Å². The second-order valence-electron chi connectivity index (χ2n) is 3.40. The molecule has 5 nitrogen and oxygen atoms in total. The lowest BCUT2D eigenvalue weighted by molar-refractivity contribution is 0.398. The molecule has 2 rings (SSSR count). The molecule has 0 saturated carbocycles. The average Bonchev–Trinajstić information content (AvgIpc) is 2.33. The number of benzene rings is 1. The van der Waals surface area contributed by atoms with Crippen LogP contribution in [0, 0.1) is 5.82 Å². The molecule has 0 unspecified atom stereocenters. The third-order valence-corrected chi connectivity index (χ3v) is 2.81. The molecule has 1 heterocycles. The molecule has 94 valence electrons. The molecule has 0 bridgehead atoms. The Morgan fingerprint density at radius 2 is 2.11 bits per heavy atom. The molecule has 3 N–H and O–H groups in total. The monoisotopic (exact) mass is 312 g/mol. The minimum atomic E-state index is -0.352. The number of hydrogen-bond donors (Lipinski definition) is 2. The van der Waals surface area contributed by atoms with Gasteiger partial charge in [0.25, 0.3) is 0 Å². The molecule has 0 amide bonds. The van der Waals surface area contributed by atoms with Gasteiger partial charge in [-0.1, -0.05) is 0 Å². The second-order valence-corrected chi connectivity index (χ2v) is 4.26. The Kier molecular flexibility index (Phi) is 3.61. The summed E-state index contributed by atoms with van der Waals surface area (Å²) in [7, 11) is 1.48. The number of nitrogens with two attached hydrogens (primary N) is 1. The van der Waals surface area contributed by atoms with Crippen molar-refractivity contribution in [1.29, 1.82) is 0 Å². The fourth-order valence-corrected chi connectivity index (χ4v) is 1.69. The summed E-state index contributed by atoms with van der Waals surface area (Å²) in [6.45, 7) is 0. The number of nitrogens with one attached hydrogen (secondary N) is 1. The van der Waals surface area contributed by atoms with Gasteiger partial charge in [0.05, 0.1) is 12.8 Å². The fourth-order valence-electron chi connectivity index (χ4n) is 1.34. The molecule has 1 aromatic heterocycles. The van der Waals surface area contributed by atoms with Gasteiger partial charge < -0.3 is 15.8 Å². The van der Waals surface area contributed by atoms with Crippen LogP contribution >= 0.6 is 15.9 Å². The van der Waals surface area contributed by atoms with E-state index in [0.29, 0.717) is 21.9 Å². The zero-order valence-electron chi connectivity index (χ0n) is 9.45. The van der Waals surface area contributed by atoms with Crippen molar-refractivity contribution in [2.45, 2.75) is 0 Å². The van der Waals surface area contributed by atoms with Crippen molar-refractivity contribution in [3.8, 4) is 5.88 Å². The smallest absolute Gasteiger partial charge is 0.225 e. The van der Waals surface area contributed by atoms with Crippen molar-refractivity contribution in [3.63, 3.8) is 0 Å². The van der Waals surface area contributed by atoms with Crippen LogP contribution in [0.25, 0.3) is 0 Å². The zero-order valence-corrected chi connectivity index (χ0v) is 11.0. The summed E-state index contributed by atoms with van der Waals surface area (Å²) >= 11 is 3.31. The lowest BCUT2D eigenvalue weighted by Gasteiger charge is -2.09. The van der Waals surface area contributed by atoms with Crippen LogP contribution in [0.3, 0.4) is 0 Å². The highest BCUT2D eigenvalue weighted by Crippen LogP contribution is 2.27. The van der Waals surface area contributed by atoms with Gasteiger partial charge in [0.2, 0.25) is 11.8 Å². The Morgan fingerprint density at radius 1 is 1.33 bits per heavy atom. The van der Waals surface area contributed by atoms with E-state index in [-0.39, 0.29) is 11.8 Å². The van der Waals surface area contributed by atoms with Gasteiger partial charge >= 0.3 is 0 Å². The number of hydrogen-bond acceptors (Lipinski definition) is 5. The number of nitrogens with zero attached hydrogens (tertiary/aromatic N) is 2. The Labute approximate surface area is 111 Å². The standard InChI is InChI=1S/C11H10BrFN4O/c1-18-10-5-9(16-11(14)17-10)15-8-4-6(13)2-3-7(8)12/h2-5H,1H3,(H3,14,15,16,17). The van der Waals surface area contributed by atoms with Gasteiger partial charge in [0.15, 0.2) is 0 Å². The lowest BCUT2D eigenvalue weighted by Crippen LogP contribution is -2.02. The third kappa shape index (κ3) is 2.86. The fraction of sp³-hybridized carbons (Fsp3) is 0.0909. The third-order valence-electron chi connectivity index (χ3n) is 2.12. The maximum absolute atomic E-state index is 13.1. The number of rotatable bonds is 3. The maximum atomic E-state index is 13.1. The van der Waals surface area contributed by atoms with Crippen LogP contribution in [-0.2, 0) is 0 Å². The van der Waals surface area contributed by atoms with Crippen LogP contribution in [0.1, 0.15) is 0 Å². The largest absolute Gasteiger partial charge is 0.481 e. The summed E-state index contributed by atoms with van der Waals surface area (Å²) in [4.78, 5) is 7.83. The van der Waals surface area contributed by atoms with Gasteiger partial charge in [-0.05, 0) is 34.1 Å². The molecular weight excluding hydrogens is 303 g/mol. The Hall–Kier alpha value is -1.89.